The number of esters is 1. The van der Waals surface area contributed by atoms with Gasteiger partial charge in [-0.3, -0.25) is 4.79 Å². The number of benzene rings is 2. The second-order valence-corrected chi connectivity index (χ2v) is 5.82. The third-order valence-corrected chi connectivity index (χ3v) is 3.90. The molecule has 0 atom stereocenters. The van der Waals surface area contributed by atoms with E-state index in [-0.39, 0.29) is 12.2 Å². The molecule has 2 aromatic carbocycles. The van der Waals surface area contributed by atoms with Gasteiger partial charge in [-0.2, -0.15) is 5.26 Å². The number of rotatable bonds is 5. The zero-order valence-corrected chi connectivity index (χ0v) is 15.2. The number of amides is 1. The molecule has 7 nitrogen and oxygen atoms in total. The summed E-state index contributed by atoms with van der Waals surface area (Å²) < 4.78 is 15.9. The van der Waals surface area contributed by atoms with Gasteiger partial charge in [0, 0.05) is 5.69 Å². The van der Waals surface area contributed by atoms with Crippen molar-refractivity contribution in [3.05, 3.63) is 59.2 Å². The van der Waals surface area contributed by atoms with Gasteiger partial charge in [-0.1, -0.05) is 6.07 Å². The van der Waals surface area contributed by atoms with Gasteiger partial charge < -0.3 is 19.5 Å². The molecule has 0 radical (unpaired) electrons. The molecule has 1 heterocycles. The molecule has 0 fully saturated rings. The van der Waals surface area contributed by atoms with Crippen molar-refractivity contribution in [3.8, 4) is 17.6 Å². The van der Waals surface area contributed by atoms with Gasteiger partial charge in [0.2, 0.25) is 0 Å². The Labute approximate surface area is 162 Å². The highest BCUT2D eigenvalue weighted by atomic mass is 16.6. The Balaban J connectivity index is 1.72. The highest BCUT2D eigenvalue weighted by molar-refractivity contribution is 6.09. The summed E-state index contributed by atoms with van der Waals surface area (Å²) in [5.41, 5.74) is 1.42. The molecule has 1 aliphatic heterocycles. The van der Waals surface area contributed by atoms with Crippen molar-refractivity contribution < 1.29 is 23.8 Å². The molecule has 0 aliphatic carbocycles. The van der Waals surface area contributed by atoms with Crippen molar-refractivity contribution >= 4 is 23.6 Å². The standard InChI is InChI=1S/C21H18N2O5/c1-2-26-21(25)15-4-6-17(7-5-15)23-20(24)16(13-22)11-14-3-8-18-19(12-14)28-10-9-27-18/h3-8,11-12H,2,9-10H2,1H3,(H,23,24)/b16-11+. The first-order chi connectivity index (χ1) is 13.6. The van der Waals surface area contributed by atoms with E-state index in [2.05, 4.69) is 5.32 Å². The largest absolute Gasteiger partial charge is 0.486 e. The minimum atomic E-state index is -0.554. The van der Waals surface area contributed by atoms with E-state index < -0.39 is 11.9 Å². The van der Waals surface area contributed by atoms with Crippen molar-refractivity contribution in [1.82, 2.24) is 0 Å². The second-order valence-electron chi connectivity index (χ2n) is 5.82. The van der Waals surface area contributed by atoms with Gasteiger partial charge in [-0.25, -0.2) is 4.79 Å². The average Bonchev–Trinajstić information content (AvgIpc) is 2.72. The van der Waals surface area contributed by atoms with Crippen molar-refractivity contribution in [3.63, 3.8) is 0 Å². The number of anilines is 1. The quantitative estimate of drug-likeness (QED) is 0.487. The van der Waals surface area contributed by atoms with Gasteiger partial charge >= 0.3 is 5.97 Å². The van der Waals surface area contributed by atoms with Crippen LogP contribution in [0.5, 0.6) is 11.5 Å². The fourth-order valence-electron chi connectivity index (χ4n) is 2.57. The number of carbonyl (C=O) groups is 2. The zero-order chi connectivity index (χ0) is 19.9. The van der Waals surface area contributed by atoms with E-state index in [1.807, 2.05) is 6.07 Å². The molecule has 0 aromatic heterocycles. The van der Waals surface area contributed by atoms with Crippen LogP contribution in [-0.4, -0.2) is 31.7 Å². The number of fused-ring (bicyclic) bond motifs is 1. The highest BCUT2D eigenvalue weighted by Gasteiger charge is 2.14. The monoisotopic (exact) mass is 378 g/mol. The van der Waals surface area contributed by atoms with E-state index in [0.29, 0.717) is 41.5 Å². The molecule has 0 spiro atoms. The number of carbonyl (C=O) groups excluding carboxylic acids is 2. The molecule has 0 bridgehead atoms. The van der Waals surface area contributed by atoms with E-state index in [1.54, 1.807) is 49.4 Å². The predicted molar refractivity (Wildman–Crippen MR) is 102 cm³/mol. The Bertz CT molecular complexity index is 958. The van der Waals surface area contributed by atoms with E-state index in [9.17, 15) is 14.9 Å². The number of hydrogen-bond donors (Lipinski definition) is 1. The normalized spacial score (nSPS) is 12.6. The maximum absolute atomic E-state index is 12.4. The maximum Gasteiger partial charge on any atom is 0.338 e. The van der Waals surface area contributed by atoms with Crippen LogP contribution in [0.2, 0.25) is 0 Å². The lowest BCUT2D eigenvalue weighted by Crippen LogP contribution is -2.15. The Morgan fingerprint density at radius 1 is 1.14 bits per heavy atom. The van der Waals surface area contributed by atoms with Gasteiger partial charge in [-0.15, -0.1) is 0 Å². The minimum absolute atomic E-state index is 0.0638. The van der Waals surface area contributed by atoms with E-state index in [1.165, 1.54) is 6.08 Å². The Hall–Kier alpha value is -3.79. The third kappa shape index (κ3) is 4.48. The Morgan fingerprint density at radius 3 is 2.54 bits per heavy atom. The number of hydrogen-bond acceptors (Lipinski definition) is 6. The van der Waals surface area contributed by atoms with Gasteiger partial charge in [0.25, 0.3) is 5.91 Å². The average molecular weight is 378 g/mol. The highest BCUT2D eigenvalue weighted by Crippen LogP contribution is 2.31. The molecule has 7 heteroatoms. The van der Waals surface area contributed by atoms with Crippen LogP contribution < -0.4 is 14.8 Å². The summed E-state index contributed by atoms with van der Waals surface area (Å²) in [5, 5.41) is 12.0. The SMILES string of the molecule is CCOC(=O)c1ccc(NC(=O)/C(C#N)=C/c2ccc3c(c2)OCCO3)cc1. The Morgan fingerprint density at radius 2 is 1.86 bits per heavy atom. The lowest BCUT2D eigenvalue weighted by atomic mass is 10.1. The summed E-state index contributed by atoms with van der Waals surface area (Å²) in [6, 6.07) is 13.3. The summed E-state index contributed by atoms with van der Waals surface area (Å²) in [4.78, 5) is 24.1. The summed E-state index contributed by atoms with van der Waals surface area (Å²) in [6.07, 6.45) is 1.47. The van der Waals surface area contributed by atoms with Gasteiger partial charge in [-0.05, 0) is 55.0 Å². The molecule has 2 aromatic rings. The molecule has 28 heavy (non-hydrogen) atoms. The molecule has 0 saturated heterocycles. The first kappa shape index (κ1) is 19.0. The smallest absolute Gasteiger partial charge is 0.338 e. The predicted octanol–water partition coefficient (Wildman–Crippen LogP) is 3.18. The van der Waals surface area contributed by atoms with E-state index in [4.69, 9.17) is 14.2 Å². The van der Waals surface area contributed by atoms with Crippen LogP contribution in [0.3, 0.4) is 0 Å². The van der Waals surface area contributed by atoms with Crippen molar-refractivity contribution in [2.24, 2.45) is 0 Å². The van der Waals surface area contributed by atoms with Crippen molar-refractivity contribution in [2.45, 2.75) is 6.92 Å². The van der Waals surface area contributed by atoms with Crippen LogP contribution in [0.1, 0.15) is 22.8 Å². The molecule has 1 N–H and O–H groups in total. The van der Waals surface area contributed by atoms with Crippen LogP contribution in [0.15, 0.2) is 48.0 Å². The second kappa shape index (κ2) is 8.73. The molecule has 0 unspecified atom stereocenters. The van der Waals surface area contributed by atoms with Crippen LogP contribution in [0.25, 0.3) is 6.08 Å². The molecule has 1 amide bonds. The van der Waals surface area contributed by atoms with Crippen molar-refractivity contribution in [2.75, 3.05) is 25.1 Å². The van der Waals surface area contributed by atoms with Gasteiger partial charge in [0.05, 0.1) is 12.2 Å². The molecular weight excluding hydrogens is 360 g/mol. The summed E-state index contributed by atoms with van der Waals surface area (Å²) in [6.45, 7) is 2.95. The first-order valence-corrected chi connectivity index (χ1v) is 8.70. The molecule has 3 rings (SSSR count). The van der Waals surface area contributed by atoms with Crippen molar-refractivity contribution in [1.29, 1.82) is 5.26 Å². The molecule has 0 saturated carbocycles. The maximum atomic E-state index is 12.4. The molecular formula is C21H18N2O5. The lowest BCUT2D eigenvalue weighted by molar-refractivity contribution is -0.112. The van der Waals surface area contributed by atoms with Gasteiger partial charge in [0.1, 0.15) is 24.9 Å². The summed E-state index contributed by atoms with van der Waals surface area (Å²) >= 11 is 0. The number of nitriles is 1. The first-order valence-electron chi connectivity index (χ1n) is 8.70. The fourth-order valence-corrected chi connectivity index (χ4v) is 2.57. The number of ether oxygens (including phenoxy) is 3. The molecule has 142 valence electrons. The zero-order valence-electron chi connectivity index (χ0n) is 15.2. The minimum Gasteiger partial charge on any atom is -0.486 e. The van der Waals surface area contributed by atoms with Crippen LogP contribution in [0.4, 0.5) is 5.69 Å². The fraction of sp³-hybridized carbons (Fsp3) is 0.190. The van der Waals surface area contributed by atoms with Crippen LogP contribution >= 0.6 is 0 Å². The van der Waals surface area contributed by atoms with Crippen LogP contribution in [-0.2, 0) is 9.53 Å². The topological polar surface area (TPSA) is 97.7 Å². The Kier molecular flexibility index (Phi) is 5.92. The van der Waals surface area contributed by atoms with Crippen LogP contribution in [0, 0.1) is 11.3 Å². The summed E-state index contributed by atoms with van der Waals surface area (Å²) in [7, 11) is 0. The lowest BCUT2D eigenvalue weighted by Gasteiger charge is -2.18. The molecule has 1 aliphatic rings. The number of nitrogens with one attached hydrogen (secondary N) is 1. The van der Waals surface area contributed by atoms with Gasteiger partial charge in [0.15, 0.2) is 11.5 Å². The van der Waals surface area contributed by atoms with E-state index >= 15 is 0 Å². The summed E-state index contributed by atoms with van der Waals surface area (Å²) in [5.74, 6) is 0.221. The number of nitrogens with zero attached hydrogens (tertiary/aromatic N) is 1. The van der Waals surface area contributed by atoms with E-state index in [0.717, 1.165) is 0 Å². The third-order valence-electron chi connectivity index (χ3n) is 3.90.